The number of fused-ring (bicyclic) bond motifs is 3. The van der Waals surface area contributed by atoms with Crippen LogP contribution in [-0.4, -0.2) is 47.2 Å². The molecule has 0 bridgehead atoms. The van der Waals surface area contributed by atoms with Crippen LogP contribution in [0.2, 0.25) is 0 Å². The third kappa shape index (κ3) is 4.49. The van der Waals surface area contributed by atoms with Crippen molar-refractivity contribution >= 4 is 18.0 Å². The van der Waals surface area contributed by atoms with Gasteiger partial charge in [-0.15, -0.1) is 0 Å². The van der Waals surface area contributed by atoms with Gasteiger partial charge in [0.15, 0.2) is 0 Å². The van der Waals surface area contributed by atoms with Crippen molar-refractivity contribution in [2.45, 2.75) is 31.4 Å². The number of likely N-dealkylation sites (tertiary alicyclic amines) is 1. The predicted molar refractivity (Wildman–Crippen MR) is 128 cm³/mol. The summed E-state index contributed by atoms with van der Waals surface area (Å²) < 4.78 is 11.2. The van der Waals surface area contributed by atoms with E-state index in [0.717, 1.165) is 22.3 Å². The first-order valence-corrected chi connectivity index (χ1v) is 11.6. The van der Waals surface area contributed by atoms with Gasteiger partial charge >= 0.3 is 18.0 Å². The van der Waals surface area contributed by atoms with Crippen LogP contribution in [0, 0.1) is 0 Å². The van der Waals surface area contributed by atoms with E-state index in [1.807, 2.05) is 24.3 Å². The van der Waals surface area contributed by atoms with Crippen LogP contribution in [0.5, 0.6) is 0 Å². The van der Waals surface area contributed by atoms with Crippen LogP contribution < -0.4 is 0 Å². The van der Waals surface area contributed by atoms with E-state index >= 15 is 0 Å². The van der Waals surface area contributed by atoms with Gasteiger partial charge < -0.3 is 14.6 Å². The molecule has 0 spiro atoms. The van der Waals surface area contributed by atoms with Gasteiger partial charge in [-0.3, -0.25) is 4.90 Å². The van der Waals surface area contributed by atoms with Gasteiger partial charge in [-0.2, -0.15) is 0 Å². The lowest BCUT2D eigenvalue weighted by Crippen LogP contribution is -2.42. The van der Waals surface area contributed by atoms with Crippen molar-refractivity contribution in [3.8, 4) is 11.1 Å². The summed E-state index contributed by atoms with van der Waals surface area (Å²) in [6.07, 6.45) is 0.690. The molecular weight excluding hydrogens is 446 g/mol. The van der Waals surface area contributed by atoms with Gasteiger partial charge in [-0.05, 0) is 52.8 Å². The van der Waals surface area contributed by atoms with Gasteiger partial charge in [0.05, 0.1) is 5.56 Å². The van der Waals surface area contributed by atoms with E-state index in [1.165, 1.54) is 17.0 Å². The number of benzene rings is 3. The molecule has 0 saturated carbocycles. The van der Waals surface area contributed by atoms with E-state index in [2.05, 4.69) is 24.3 Å². The number of ether oxygens (including phenoxy) is 2. The molecule has 1 N–H and O–H groups in total. The summed E-state index contributed by atoms with van der Waals surface area (Å²) in [6.45, 7) is 0.637. The second kappa shape index (κ2) is 9.62. The zero-order valence-electron chi connectivity index (χ0n) is 19.1. The number of carboxylic acids is 1. The van der Waals surface area contributed by atoms with E-state index in [1.54, 1.807) is 12.1 Å². The molecule has 1 aliphatic heterocycles. The minimum absolute atomic E-state index is 0.00770. The second-order valence-corrected chi connectivity index (χ2v) is 8.77. The highest BCUT2D eigenvalue weighted by molar-refractivity contribution is 5.87. The van der Waals surface area contributed by atoms with Gasteiger partial charge in [-0.25, -0.2) is 14.4 Å². The Kier molecular flexibility index (Phi) is 6.23. The smallest absolute Gasteiger partial charge is 0.410 e. The Hall–Kier alpha value is -4.13. The number of hydrogen-bond donors (Lipinski definition) is 1. The Labute approximate surface area is 202 Å². The molecular formula is C28H25NO6. The van der Waals surface area contributed by atoms with Gasteiger partial charge in [0, 0.05) is 12.5 Å². The zero-order chi connectivity index (χ0) is 24.4. The Morgan fingerprint density at radius 3 is 2.11 bits per heavy atom. The Balaban J connectivity index is 1.20. The summed E-state index contributed by atoms with van der Waals surface area (Å²) in [4.78, 5) is 38.1. The highest BCUT2D eigenvalue weighted by Crippen LogP contribution is 2.44. The first-order valence-electron chi connectivity index (χ1n) is 11.6. The predicted octanol–water partition coefficient (Wildman–Crippen LogP) is 4.84. The molecule has 1 atom stereocenters. The summed E-state index contributed by atoms with van der Waals surface area (Å²) in [7, 11) is 0. The Bertz CT molecular complexity index is 1220. The Morgan fingerprint density at radius 2 is 1.49 bits per heavy atom. The fraction of sp³-hybridized carbons (Fsp3) is 0.250. The normalized spacial score (nSPS) is 16.5. The van der Waals surface area contributed by atoms with Crippen LogP contribution in [-0.2, 0) is 20.9 Å². The number of carbonyl (C=O) groups excluding carboxylic acids is 2. The lowest BCUT2D eigenvalue weighted by atomic mass is 9.98. The topological polar surface area (TPSA) is 93.1 Å². The molecule has 1 saturated heterocycles. The third-order valence-electron chi connectivity index (χ3n) is 6.68. The molecule has 2 aliphatic rings. The fourth-order valence-electron chi connectivity index (χ4n) is 4.90. The van der Waals surface area contributed by atoms with Crippen molar-refractivity contribution in [3.05, 3.63) is 95.1 Å². The van der Waals surface area contributed by atoms with Crippen molar-refractivity contribution in [1.82, 2.24) is 4.90 Å². The molecule has 1 aliphatic carbocycles. The average Bonchev–Trinajstić information content (AvgIpc) is 3.50. The van der Waals surface area contributed by atoms with Crippen LogP contribution in [0.4, 0.5) is 4.79 Å². The minimum atomic E-state index is -1.02. The quantitative estimate of drug-likeness (QED) is 0.517. The molecule has 35 heavy (non-hydrogen) atoms. The average molecular weight is 472 g/mol. The molecule has 0 aromatic heterocycles. The number of esters is 1. The van der Waals surface area contributed by atoms with Crippen molar-refractivity contribution < 1.29 is 29.0 Å². The van der Waals surface area contributed by atoms with Crippen molar-refractivity contribution in [2.75, 3.05) is 13.2 Å². The first-order chi connectivity index (χ1) is 17.0. The zero-order valence-corrected chi connectivity index (χ0v) is 19.1. The highest BCUT2D eigenvalue weighted by Gasteiger charge is 2.37. The molecule has 3 aromatic rings. The number of aromatic carboxylic acids is 1. The van der Waals surface area contributed by atoms with Crippen LogP contribution in [0.15, 0.2) is 72.8 Å². The standard InChI is InChI=1S/C28H25NO6/c30-26(31)19-13-11-18(12-14-19)16-34-27(32)25-10-5-15-29(25)28(33)35-17-24-22-8-3-1-6-20(22)21-7-2-4-9-23(21)24/h1-4,6-9,11-14,24-25H,5,10,15-17H2,(H,30,31)/t25-/m0/s1. The summed E-state index contributed by atoms with van der Waals surface area (Å²) in [5.74, 6) is -1.55. The maximum atomic E-state index is 13.0. The van der Waals surface area contributed by atoms with Gasteiger partial charge in [0.1, 0.15) is 19.3 Å². The molecule has 7 nitrogen and oxygen atoms in total. The number of rotatable bonds is 6. The van der Waals surface area contributed by atoms with Gasteiger partial charge in [-0.1, -0.05) is 60.7 Å². The molecule has 178 valence electrons. The molecule has 3 aromatic carbocycles. The summed E-state index contributed by atoms with van der Waals surface area (Å²) in [6, 6.07) is 21.7. The van der Waals surface area contributed by atoms with E-state index in [0.29, 0.717) is 24.9 Å². The van der Waals surface area contributed by atoms with Crippen LogP contribution in [0.1, 0.15) is 45.8 Å². The number of hydrogen-bond acceptors (Lipinski definition) is 5. The summed E-state index contributed by atoms with van der Waals surface area (Å²) in [5, 5.41) is 8.99. The van der Waals surface area contributed by atoms with E-state index in [4.69, 9.17) is 14.6 Å². The third-order valence-corrected chi connectivity index (χ3v) is 6.68. The number of amides is 1. The van der Waals surface area contributed by atoms with E-state index in [9.17, 15) is 14.4 Å². The van der Waals surface area contributed by atoms with Crippen molar-refractivity contribution in [3.63, 3.8) is 0 Å². The van der Waals surface area contributed by atoms with Crippen LogP contribution in [0.25, 0.3) is 11.1 Å². The van der Waals surface area contributed by atoms with Crippen molar-refractivity contribution in [1.29, 1.82) is 0 Å². The van der Waals surface area contributed by atoms with E-state index < -0.39 is 24.1 Å². The monoisotopic (exact) mass is 471 g/mol. The molecule has 1 heterocycles. The molecule has 5 rings (SSSR count). The van der Waals surface area contributed by atoms with Crippen molar-refractivity contribution in [2.24, 2.45) is 0 Å². The van der Waals surface area contributed by atoms with E-state index in [-0.39, 0.29) is 24.7 Å². The molecule has 7 heteroatoms. The number of carboxylic acid groups (broad SMARTS) is 1. The number of carbonyl (C=O) groups is 3. The van der Waals surface area contributed by atoms with Crippen LogP contribution >= 0.6 is 0 Å². The first kappa shape index (κ1) is 22.7. The Morgan fingerprint density at radius 1 is 0.857 bits per heavy atom. The lowest BCUT2D eigenvalue weighted by Gasteiger charge is -2.24. The highest BCUT2D eigenvalue weighted by atomic mass is 16.6. The van der Waals surface area contributed by atoms with Crippen LogP contribution in [0.3, 0.4) is 0 Å². The summed E-state index contributed by atoms with van der Waals surface area (Å²) >= 11 is 0. The SMILES string of the molecule is O=C(O)c1ccc(COC(=O)[C@@H]2CCCN2C(=O)OCC2c3ccccc3-c3ccccc32)cc1. The van der Waals surface area contributed by atoms with Gasteiger partial charge in [0.2, 0.25) is 0 Å². The second-order valence-electron chi connectivity index (χ2n) is 8.77. The maximum absolute atomic E-state index is 13.0. The maximum Gasteiger partial charge on any atom is 0.410 e. The molecule has 0 radical (unpaired) electrons. The largest absolute Gasteiger partial charge is 0.478 e. The number of nitrogens with zero attached hydrogens (tertiary/aromatic N) is 1. The molecule has 0 unspecified atom stereocenters. The molecule has 1 fully saturated rings. The minimum Gasteiger partial charge on any atom is -0.478 e. The summed E-state index contributed by atoms with van der Waals surface area (Å²) in [5.41, 5.74) is 5.42. The van der Waals surface area contributed by atoms with Gasteiger partial charge in [0.25, 0.3) is 0 Å². The fourth-order valence-corrected chi connectivity index (χ4v) is 4.90. The molecule has 1 amide bonds. The lowest BCUT2D eigenvalue weighted by molar-refractivity contribution is -0.149.